The van der Waals surface area contributed by atoms with E-state index in [0.717, 1.165) is 0 Å². The van der Waals surface area contributed by atoms with Crippen LogP contribution in [0.4, 0.5) is 15.8 Å². The number of non-ortho nitro benzene ring substituents is 1. The van der Waals surface area contributed by atoms with Crippen LogP contribution in [0.1, 0.15) is 11.7 Å². The van der Waals surface area contributed by atoms with Crippen molar-refractivity contribution in [3.05, 3.63) is 69.0 Å². The van der Waals surface area contributed by atoms with E-state index in [4.69, 9.17) is 11.6 Å². The maximum Gasteiger partial charge on any atom is 0.269 e. The van der Waals surface area contributed by atoms with Gasteiger partial charge in [-0.1, -0.05) is 11.6 Å². The molecule has 0 bridgehead atoms. The van der Waals surface area contributed by atoms with Crippen molar-refractivity contribution in [1.82, 2.24) is 0 Å². The quantitative estimate of drug-likeness (QED) is 0.654. The molecule has 1 atom stereocenters. The van der Waals surface area contributed by atoms with Gasteiger partial charge < -0.3 is 10.4 Å². The fourth-order valence-corrected chi connectivity index (χ4v) is 1.93. The zero-order valence-electron chi connectivity index (χ0n) is 10.8. The molecule has 110 valence electrons. The number of rotatable bonds is 5. The largest absolute Gasteiger partial charge is 0.387 e. The van der Waals surface area contributed by atoms with Gasteiger partial charge in [0.25, 0.3) is 5.69 Å². The maximum atomic E-state index is 13.5. The number of anilines is 1. The third-order valence-electron chi connectivity index (χ3n) is 2.91. The first-order valence-electron chi connectivity index (χ1n) is 6.08. The molecule has 0 heterocycles. The summed E-state index contributed by atoms with van der Waals surface area (Å²) >= 11 is 5.64. The summed E-state index contributed by atoms with van der Waals surface area (Å²) in [5.74, 6) is -0.515. The molecule has 0 aliphatic carbocycles. The average molecular weight is 311 g/mol. The van der Waals surface area contributed by atoms with Crippen LogP contribution in [0.15, 0.2) is 42.5 Å². The second-order valence-corrected chi connectivity index (χ2v) is 4.81. The molecule has 0 radical (unpaired) electrons. The minimum Gasteiger partial charge on any atom is -0.387 e. The molecule has 1 unspecified atom stereocenters. The van der Waals surface area contributed by atoms with E-state index in [1.54, 1.807) is 0 Å². The molecule has 5 nitrogen and oxygen atoms in total. The Bertz CT molecular complexity index is 649. The number of nitro benzene ring substituents is 1. The lowest BCUT2D eigenvalue weighted by molar-refractivity contribution is -0.384. The number of nitro groups is 1. The van der Waals surface area contributed by atoms with E-state index in [1.807, 2.05) is 0 Å². The minimum absolute atomic E-state index is 0.0531. The van der Waals surface area contributed by atoms with Gasteiger partial charge in [0.15, 0.2) is 0 Å². The predicted octanol–water partition coefficient (Wildman–Crippen LogP) is 3.53. The Balaban J connectivity index is 2.01. The van der Waals surface area contributed by atoms with Gasteiger partial charge >= 0.3 is 0 Å². The van der Waals surface area contributed by atoms with Crippen LogP contribution >= 0.6 is 11.6 Å². The molecule has 0 saturated heterocycles. The molecule has 0 saturated carbocycles. The SMILES string of the molecule is O=[N+]([O-])c1ccc(C(O)CNc2ccc(Cl)cc2F)cc1. The van der Waals surface area contributed by atoms with Gasteiger partial charge in [0, 0.05) is 23.7 Å². The molecule has 0 aliphatic rings. The van der Waals surface area contributed by atoms with Gasteiger partial charge in [-0.3, -0.25) is 10.1 Å². The molecule has 0 fully saturated rings. The fourth-order valence-electron chi connectivity index (χ4n) is 1.78. The third kappa shape index (κ3) is 3.90. The smallest absolute Gasteiger partial charge is 0.269 e. The van der Waals surface area contributed by atoms with Gasteiger partial charge in [-0.15, -0.1) is 0 Å². The highest BCUT2D eigenvalue weighted by molar-refractivity contribution is 6.30. The lowest BCUT2D eigenvalue weighted by Crippen LogP contribution is -2.13. The highest BCUT2D eigenvalue weighted by Gasteiger charge is 2.11. The number of hydrogen-bond donors (Lipinski definition) is 2. The number of hydrogen-bond acceptors (Lipinski definition) is 4. The van der Waals surface area contributed by atoms with Gasteiger partial charge in [-0.05, 0) is 35.9 Å². The Kier molecular flexibility index (Phi) is 4.72. The van der Waals surface area contributed by atoms with Gasteiger partial charge in [0.2, 0.25) is 0 Å². The summed E-state index contributed by atoms with van der Waals surface area (Å²) in [4.78, 5) is 10.0. The van der Waals surface area contributed by atoms with Gasteiger partial charge in [0.05, 0.1) is 16.7 Å². The molecule has 0 aliphatic heterocycles. The summed E-state index contributed by atoms with van der Waals surface area (Å²) in [6.07, 6.45) is -0.916. The van der Waals surface area contributed by atoms with E-state index in [2.05, 4.69) is 5.32 Å². The summed E-state index contributed by atoms with van der Waals surface area (Å²) in [5.41, 5.74) is 0.672. The van der Waals surface area contributed by atoms with Crippen molar-refractivity contribution in [1.29, 1.82) is 0 Å². The molecule has 0 spiro atoms. The molecule has 2 aromatic carbocycles. The monoisotopic (exact) mass is 310 g/mol. The summed E-state index contributed by atoms with van der Waals surface area (Å²) < 4.78 is 13.5. The molecule has 0 amide bonds. The number of nitrogens with one attached hydrogen (secondary N) is 1. The molecule has 2 N–H and O–H groups in total. The predicted molar refractivity (Wildman–Crippen MR) is 78.0 cm³/mol. The molecule has 21 heavy (non-hydrogen) atoms. The van der Waals surface area contributed by atoms with Crippen LogP contribution in [-0.2, 0) is 0 Å². The zero-order chi connectivity index (χ0) is 15.4. The highest BCUT2D eigenvalue weighted by atomic mass is 35.5. The zero-order valence-corrected chi connectivity index (χ0v) is 11.5. The normalized spacial score (nSPS) is 12.0. The van der Waals surface area contributed by atoms with E-state index in [1.165, 1.54) is 42.5 Å². The van der Waals surface area contributed by atoms with Crippen LogP contribution < -0.4 is 5.32 Å². The molecule has 0 aromatic heterocycles. The lowest BCUT2D eigenvalue weighted by atomic mass is 10.1. The Labute approximate surface area is 125 Å². The molecule has 2 aromatic rings. The van der Waals surface area contributed by atoms with E-state index in [9.17, 15) is 19.6 Å². The second-order valence-electron chi connectivity index (χ2n) is 4.37. The standard InChI is InChI=1S/C14H12ClFN2O3/c15-10-3-6-13(12(16)7-10)17-8-14(19)9-1-4-11(5-2-9)18(20)21/h1-7,14,17,19H,8H2. The highest BCUT2D eigenvalue weighted by Crippen LogP contribution is 2.21. The average Bonchev–Trinajstić information content (AvgIpc) is 2.46. The number of benzene rings is 2. The van der Waals surface area contributed by atoms with Gasteiger partial charge in [-0.25, -0.2) is 4.39 Å². The summed E-state index contributed by atoms with van der Waals surface area (Å²) in [6, 6.07) is 9.71. The van der Waals surface area contributed by atoms with Gasteiger partial charge in [0.1, 0.15) is 5.82 Å². The molecule has 7 heteroatoms. The van der Waals surface area contributed by atoms with Crippen LogP contribution in [-0.4, -0.2) is 16.6 Å². The topological polar surface area (TPSA) is 75.4 Å². The second kappa shape index (κ2) is 6.51. The number of halogens is 2. The van der Waals surface area contributed by atoms with Crippen LogP contribution in [0.2, 0.25) is 5.02 Å². The van der Waals surface area contributed by atoms with Crippen molar-refractivity contribution in [2.75, 3.05) is 11.9 Å². The number of aliphatic hydroxyl groups is 1. The van der Waals surface area contributed by atoms with Crippen molar-refractivity contribution in [2.24, 2.45) is 0 Å². The summed E-state index contributed by atoms with van der Waals surface area (Å²) in [5, 5.41) is 23.6. The van der Waals surface area contributed by atoms with E-state index >= 15 is 0 Å². The van der Waals surface area contributed by atoms with E-state index in [-0.39, 0.29) is 22.9 Å². The molecule has 2 rings (SSSR count). The number of nitrogens with zero attached hydrogens (tertiary/aromatic N) is 1. The van der Waals surface area contributed by atoms with Crippen LogP contribution in [0.25, 0.3) is 0 Å². The Morgan fingerprint density at radius 2 is 1.95 bits per heavy atom. The first-order chi connectivity index (χ1) is 9.97. The molecular formula is C14H12ClFN2O3. The van der Waals surface area contributed by atoms with Crippen molar-refractivity contribution in [3.8, 4) is 0 Å². The Morgan fingerprint density at radius 1 is 1.29 bits per heavy atom. The third-order valence-corrected chi connectivity index (χ3v) is 3.14. The first-order valence-corrected chi connectivity index (χ1v) is 6.46. The lowest BCUT2D eigenvalue weighted by Gasteiger charge is -2.13. The van der Waals surface area contributed by atoms with Crippen molar-refractivity contribution >= 4 is 23.0 Å². The Hall–Kier alpha value is -2.18. The van der Waals surface area contributed by atoms with Crippen LogP contribution in [0.5, 0.6) is 0 Å². The van der Waals surface area contributed by atoms with Crippen LogP contribution in [0, 0.1) is 15.9 Å². The van der Waals surface area contributed by atoms with Gasteiger partial charge in [-0.2, -0.15) is 0 Å². The minimum atomic E-state index is -0.916. The number of aliphatic hydroxyl groups excluding tert-OH is 1. The summed E-state index contributed by atoms with van der Waals surface area (Å²) in [7, 11) is 0. The van der Waals surface area contributed by atoms with E-state index in [0.29, 0.717) is 5.56 Å². The van der Waals surface area contributed by atoms with E-state index < -0.39 is 16.8 Å². The summed E-state index contributed by atoms with van der Waals surface area (Å²) in [6.45, 7) is 0.0658. The fraction of sp³-hybridized carbons (Fsp3) is 0.143. The van der Waals surface area contributed by atoms with Crippen LogP contribution in [0.3, 0.4) is 0 Å². The van der Waals surface area contributed by atoms with Crippen molar-refractivity contribution < 1.29 is 14.4 Å². The van der Waals surface area contributed by atoms with Crippen molar-refractivity contribution in [2.45, 2.75) is 6.10 Å². The first kappa shape index (κ1) is 15.2. The van der Waals surface area contributed by atoms with Crippen molar-refractivity contribution in [3.63, 3.8) is 0 Å². The molecular weight excluding hydrogens is 299 g/mol. The Morgan fingerprint density at radius 3 is 2.52 bits per heavy atom. The maximum absolute atomic E-state index is 13.5.